The molecule has 1 aromatic rings. The number of amides is 1. The number of ether oxygens (including phenoxy) is 1. The van der Waals surface area contributed by atoms with Gasteiger partial charge in [0, 0.05) is 18.7 Å². The van der Waals surface area contributed by atoms with Crippen molar-refractivity contribution < 1.29 is 19.4 Å². The van der Waals surface area contributed by atoms with Crippen molar-refractivity contribution in [3.05, 3.63) is 29.8 Å². The van der Waals surface area contributed by atoms with Crippen molar-refractivity contribution in [2.75, 3.05) is 13.7 Å². The molecule has 19 heavy (non-hydrogen) atoms. The summed E-state index contributed by atoms with van der Waals surface area (Å²) in [7, 11) is 1.77. The molecule has 0 aliphatic rings. The first kappa shape index (κ1) is 15.0. The monoisotopic (exact) mass is 265 g/mol. The highest BCUT2D eigenvalue weighted by atomic mass is 16.5. The predicted octanol–water partition coefficient (Wildman–Crippen LogP) is 2.02. The average Bonchev–Trinajstić information content (AvgIpc) is 2.43. The summed E-state index contributed by atoms with van der Waals surface area (Å²) < 4.78 is 5.01. The normalized spacial score (nSPS) is 11.7. The molecule has 0 aromatic heterocycles. The lowest BCUT2D eigenvalue weighted by Gasteiger charge is -2.23. The molecule has 0 aliphatic heterocycles. The lowest BCUT2D eigenvalue weighted by atomic mass is 10.1. The van der Waals surface area contributed by atoms with E-state index < -0.39 is 5.97 Å². The molecule has 0 heterocycles. The Labute approximate surface area is 112 Å². The molecule has 1 aromatic carbocycles. The van der Waals surface area contributed by atoms with E-state index in [1.165, 1.54) is 0 Å². The van der Waals surface area contributed by atoms with Crippen LogP contribution in [-0.2, 0) is 4.79 Å². The summed E-state index contributed by atoms with van der Waals surface area (Å²) in [5.74, 6) is -0.652. The summed E-state index contributed by atoms with van der Waals surface area (Å²) in [4.78, 5) is 24.2. The minimum atomic E-state index is -1.03. The Bertz CT molecular complexity index is 441. The molecular formula is C14H19NO4. The van der Waals surface area contributed by atoms with E-state index in [0.717, 1.165) is 6.42 Å². The smallest absolute Gasteiger partial charge is 0.341 e. The molecule has 0 saturated carbocycles. The molecule has 104 valence electrons. The average molecular weight is 265 g/mol. The number of carbonyl (C=O) groups excluding carboxylic acids is 1. The number of carboxylic acid groups (broad SMARTS) is 1. The van der Waals surface area contributed by atoms with E-state index in [1.807, 2.05) is 13.8 Å². The Morgan fingerprint density at radius 3 is 2.37 bits per heavy atom. The van der Waals surface area contributed by atoms with Crippen LogP contribution in [0.4, 0.5) is 0 Å². The number of aliphatic carboxylic acids is 1. The molecule has 5 heteroatoms. The standard InChI is InChI=1S/C14H19NO4/c1-4-10(2)15(3)14(18)11-5-7-12(8-6-11)19-9-13(16)17/h5-8,10H,4,9H2,1-3H3,(H,16,17). The number of nitrogens with zero attached hydrogens (tertiary/aromatic N) is 1. The second-order valence-corrected chi connectivity index (χ2v) is 4.38. The number of rotatable bonds is 6. The highest BCUT2D eigenvalue weighted by molar-refractivity contribution is 5.94. The van der Waals surface area contributed by atoms with Crippen molar-refractivity contribution >= 4 is 11.9 Å². The predicted molar refractivity (Wildman–Crippen MR) is 71.4 cm³/mol. The van der Waals surface area contributed by atoms with Crippen LogP contribution >= 0.6 is 0 Å². The Kier molecular flexibility index (Phi) is 5.36. The number of hydrogen-bond acceptors (Lipinski definition) is 3. The van der Waals surface area contributed by atoms with Crippen LogP contribution in [0.1, 0.15) is 30.6 Å². The summed E-state index contributed by atoms with van der Waals surface area (Å²) >= 11 is 0. The van der Waals surface area contributed by atoms with Crippen LogP contribution < -0.4 is 4.74 Å². The zero-order chi connectivity index (χ0) is 14.4. The third-order valence-electron chi connectivity index (χ3n) is 3.04. The van der Waals surface area contributed by atoms with E-state index in [-0.39, 0.29) is 18.6 Å². The quantitative estimate of drug-likeness (QED) is 0.854. The van der Waals surface area contributed by atoms with Gasteiger partial charge >= 0.3 is 5.97 Å². The third kappa shape index (κ3) is 4.28. The van der Waals surface area contributed by atoms with E-state index in [0.29, 0.717) is 11.3 Å². The second-order valence-electron chi connectivity index (χ2n) is 4.38. The molecule has 0 fully saturated rings. The zero-order valence-corrected chi connectivity index (χ0v) is 11.4. The third-order valence-corrected chi connectivity index (χ3v) is 3.04. The SMILES string of the molecule is CCC(C)N(C)C(=O)c1ccc(OCC(=O)O)cc1. The first-order valence-corrected chi connectivity index (χ1v) is 6.17. The lowest BCUT2D eigenvalue weighted by molar-refractivity contribution is -0.139. The van der Waals surface area contributed by atoms with Gasteiger partial charge in [0.05, 0.1) is 0 Å². The van der Waals surface area contributed by atoms with Crippen LogP contribution in [0.15, 0.2) is 24.3 Å². The number of benzene rings is 1. The van der Waals surface area contributed by atoms with Crippen molar-refractivity contribution in [3.8, 4) is 5.75 Å². The zero-order valence-electron chi connectivity index (χ0n) is 11.4. The van der Waals surface area contributed by atoms with Gasteiger partial charge in [-0.1, -0.05) is 6.92 Å². The van der Waals surface area contributed by atoms with Gasteiger partial charge in [-0.25, -0.2) is 4.79 Å². The molecule has 1 unspecified atom stereocenters. The molecule has 1 amide bonds. The van der Waals surface area contributed by atoms with Gasteiger partial charge in [0.2, 0.25) is 0 Å². The van der Waals surface area contributed by atoms with Crippen molar-refractivity contribution in [3.63, 3.8) is 0 Å². The van der Waals surface area contributed by atoms with Gasteiger partial charge in [0.1, 0.15) is 5.75 Å². The highest BCUT2D eigenvalue weighted by Gasteiger charge is 2.15. The maximum Gasteiger partial charge on any atom is 0.341 e. The van der Waals surface area contributed by atoms with Crippen LogP contribution in [0.2, 0.25) is 0 Å². The summed E-state index contributed by atoms with van der Waals surface area (Å²) in [6, 6.07) is 6.65. The topological polar surface area (TPSA) is 66.8 Å². The molecule has 0 radical (unpaired) electrons. The number of carbonyl (C=O) groups is 2. The molecule has 0 bridgehead atoms. The Morgan fingerprint density at radius 1 is 1.32 bits per heavy atom. The summed E-state index contributed by atoms with van der Waals surface area (Å²) in [6.07, 6.45) is 0.891. The molecule has 0 spiro atoms. The lowest BCUT2D eigenvalue weighted by Crippen LogP contribution is -2.34. The fourth-order valence-corrected chi connectivity index (χ4v) is 1.52. The van der Waals surface area contributed by atoms with Crippen LogP contribution in [-0.4, -0.2) is 41.6 Å². The van der Waals surface area contributed by atoms with E-state index in [2.05, 4.69) is 0 Å². The largest absolute Gasteiger partial charge is 0.482 e. The Balaban J connectivity index is 2.70. The first-order chi connectivity index (χ1) is 8.95. The Hall–Kier alpha value is -2.04. The van der Waals surface area contributed by atoms with Gasteiger partial charge in [0.25, 0.3) is 5.91 Å². The maximum absolute atomic E-state index is 12.1. The summed E-state index contributed by atoms with van der Waals surface area (Å²) in [6.45, 7) is 3.62. The van der Waals surface area contributed by atoms with Gasteiger partial charge in [-0.3, -0.25) is 4.79 Å². The minimum absolute atomic E-state index is 0.0564. The van der Waals surface area contributed by atoms with Crippen molar-refractivity contribution in [2.45, 2.75) is 26.3 Å². The van der Waals surface area contributed by atoms with Gasteiger partial charge < -0.3 is 14.7 Å². The second kappa shape index (κ2) is 6.78. The molecule has 5 nitrogen and oxygen atoms in total. The number of carboxylic acids is 1. The molecule has 1 rings (SSSR count). The fraction of sp³-hybridized carbons (Fsp3) is 0.429. The summed E-state index contributed by atoms with van der Waals surface area (Å²) in [5.41, 5.74) is 0.561. The van der Waals surface area contributed by atoms with E-state index in [9.17, 15) is 9.59 Å². The van der Waals surface area contributed by atoms with Crippen molar-refractivity contribution in [1.29, 1.82) is 0 Å². The highest BCUT2D eigenvalue weighted by Crippen LogP contribution is 2.14. The first-order valence-electron chi connectivity index (χ1n) is 6.17. The van der Waals surface area contributed by atoms with Crippen molar-refractivity contribution in [2.24, 2.45) is 0 Å². The molecule has 0 saturated heterocycles. The van der Waals surface area contributed by atoms with Crippen LogP contribution in [0.3, 0.4) is 0 Å². The van der Waals surface area contributed by atoms with Crippen LogP contribution in [0.25, 0.3) is 0 Å². The van der Waals surface area contributed by atoms with Crippen molar-refractivity contribution in [1.82, 2.24) is 4.90 Å². The van der Waals surface area contributed by atoms with Gasteiger partial charge in [-0.15, -0.1) is 0 Å². The van der Waals surface area contributed by atoms with E-state index in [1.54, 1.807) is 36.2 Å². The van der Waals surface area contributed by atoms with E-state index >= 15 is 0 Å². The van der Waals surface area contributed by atoms with Gasteiger partial charge in [0.15, 0.2) is 6.61 Å². The van der Waals surface area contributed by atoms with Crippen LogP contribution in [0, 0.1) is 0 Å². The number of hydrogen-bond donors (Lipinski definition) is 1. The molecule has 0 aliphatic carbocycles. The molecule has 1 atom stereocenters. The van der Waals surface area contributed by atoms with Crippen LogP contribution in [0.5, 0.6) is 5.75 Å². The Morgan fingerprint density at radius 2 is 1.89 bits per heavy atom. The molecular weight excluding hydrogens is 246 g/mol. The summed E-state index contributed by atoms with van der Waals surface area (Å²) in [5, 5.41) is 8.49. The maximum atomic E-state index is 12.1. The van der Waals surface area contributed by atoms with Gasteiger partial charge in [-0.2, -0.15) is 0 Å². The fourth-order valence-electron chi connectivity index (χ4n) is 1.52. The van der Waals surface area contributed by atoms with E-state index in [4.69, 9.17) is 9.84 Å². The molecule has 1 N–H and O–H groups in total. The minimum Gasteiger partial charge on any atom is -0.482 e. The van der Waals surface area contributed by atoms with Gasteiger partial charge in [-0.05, 0) is 37.6 Å².